The second-order valence-corrected chi connectivity index (χ2v) is 7.50. The molecular weight excluding hydrogens is 391 g/mol. The van der Waals surface area contributed by atoms with Crippen LogP contribution >= 0.6 is 0 Å². The van der Waals surface area contributed by atoms with Gasteiger partial charge in [0.05, 0.1) is 0 Å². The van der Waals surface area contributed by atoms with Gasteiger partial charge in [0.1, 0.15) is 5.82 Å². The van der Waals surface area contributed by atoms with E-state index in [0.717, 1.165) is 22.3 Å². The van der Waals surface area contributed by atoms with Crippen LogP contribution < -0.4 is 10.9 Å². The molecule has 0 fully saturated rings. The molecule has 31 heavy (non-hydrogen) atoms. The van der Waals surface area contributed by atoms with E-state index in [1.807, 2.05) is 38.1 Å². The van der Waals surface area contributed by atoms with Crippen molar-refractivity contribution in [2.24, 2.45) is 7.05 Å². The molecule has 3 rings (SSSR count). The number of rotatable bonds is 5. The molecule has 0 atom stereocenters. The summed E-state index contributed by atoms with van der Waals surface area (Å²) in [7, 11) is 1.72. The number of aromatic nitrogens is 1. The van der Waals surface area contributed by atoms with Crippen LogP contribution in [0.25, 0.3) is 11.1 Å². The van der Waals surface area contributed by atoms with E-state index >= 15 is 0 Å². The maximum atomic E-state index is 14.5. The van der Waals surface area contributed by atoms with Gasteiger partial charge < -0.3 is 9.88 Å². The summed E-state index contributed by atoms with van der Waals surface area (Å²) in [5.41, 5.74) is 5.24. The summed E-state index contributed by atoms with van der Waals surface area (Å²) < 4.78 is 16.1. The first-order valence-electron chi connectivity index (χ1n) is 10.1. The van der Waals surface area contributed by atoms with E-state index < -0.39 is 5.91 Å². The number of halogens is 1. The fourth-order valence-corrected chi connectivity index (χ4v) is 3.53. The minimum atomic E-state index is -0.402. The van der Waals surface area contributed by atoms with Crippen LogP contribution in [-0.4, -0.2) is 10.5 Å². The summed E-state index contributed by atoms with van der Waals surface area (Å²) >= 11 is 0. The number of hydrogen-bond donors (Lipinski definition) is 1. The lowest BCUT2D eigenvalue weighted by Crippen LogP contribution is -2.20. The molecule has 0 unspecified atom stereocenters. The number of benzene rings is 2. The number of pyridine rings is 1. The van der Waals surface area contributed by atoms with Crippen LogP contribution in [0.3, 0.4) is 0 Å². The van der Waals surface area contributed by atoms with Gasteiger partial charge in [0.15, 0.2) is 0 Å². The van der Waals surface area contributed by atoms with Gasteiger partial charge in [-0.25, -0.2) is 4.39 Å². The van der Waals surface area contributed by atoms with Crippen LogP contribution in [0.2, 0.25) is 0 Å². The molecule has 1 amide bonds. The Labute approximate surface area is 181 Å². The molecule has 0 bridgehead atoms. The van der Waals surface area contributed by atoms with E-state index in [1.54, 1.807) is 36.9 Å². The third-order valence-corrected chi connectivity index (χ3v) is 5.15. The zero-order chi connectivity index (χ0) is 22.5. The fraction of sp³-hybridized carbons (Fsp3) is 0.231. The maximum Gasteiger partial charge on any atom is 0.300 e. The predicted molar refractivity (Wildman–Crippen MR) is 123 cm³/mol. The van der Waals surface area contributed by atoms with Gasteiger partial charge in [-0.2, -0.15) is 0 Å². The summed E-state index contributed by atoms with van der Waals surface area (Å²) in [6.07, 6.45) is 2.75. The van der Waals surface area contributed by atoms with Crippen LogP contribution in [0.4, 0.5) is 10.1 Å². The normalized spacial score (nSPS) is 10.4. The van der Waals surface area contributed by atoms with Gasteiger partial charge in [0, 0.05) is 30.9 Å². The average molecular weight is 416 g/mol. The first-order valence-corrected chi connectivity index (χ1v) is 10.1. The zero-order valence-corrected chi connectivity index (χ0v) is 18.2. The molecule has 0 saturated carbocycles. The Morgan fingerprint density at radius 1 is 1.10 bits per heavy atom. The summed E-state index contributed by atoms with van der Waals surface area (Å²) in [5, 5.41) is 2.76. The highest BCUT2D eigenvalue weighted by Crippen LogP contribution is 2.30. The van der Waals surface area contributed by atoms with Gasteiger partial charge in [-0.15, -0.1) is 0 Å². The van der Waals surface area contributed by atoms with Crippen molar-refractivity contribution in [1.82, 2.24) is 4.57 Å². The van der Waals surface area contributed by atoms with Crippen LogP contribution in [-0.2, 0) is 24.7 Å². The number of nitrogens with one attached hydrogen (secondary N) is 1. The van der Waals surface area contributed by atoms with Crippen LogP contribution in [0.15, 0.2) is 53.5 Å². The second kappa shape index (κ2) is 9.44. The third-order valence-electron chi connectivity index (χ3n) is 5.15. The minimum absolute atomic E-state index is 0.0416. The quantitative estimate of drug-likeness (QED) is 0.618. The number of hydrogen-bond acceptors (Lipinski definition) is 2. The third kappa shape index (κ3) is 5.10. The SMILES string of the molecule is CC#CC(=O)Nc1ccc(Cc2ccc(C)cc2F)c(-c2cc(CC)c(=O)n(C)c2)c1. The standard InChI is InChI=1S/C26H25FN2O2/c1-5-7-25(30)28-22-11-10-19(14-20-9-8-17(3)12-24(20)27)23(15-22)21-13-18(6-2)26(31)29(4)16-21/h8-13,15-16H,6,14H2,1-4H3,(H,28,30). The number of aryl methyl sites for hydroxylation is 3. The lowest BCUT2D eigenvalue weighted by atomic mass is 9.93. The Bertz CT molecular complexity index is 1260. The van der Waals surface area contributed by atoms with Crippen molar-refractivity contribution in [3.63, 3.8) is 0 Å². The number of carbonyl (C=O) groups is 1. The molecule has 3 aromatic rings. The van der Waals surface area contributed by atoms with Crippen LogP contribution in [0, 0.1) is 24.6 Å². The summed E-state index contributed by atoms with van der Waals surface area (Å²) in [4.78, 5) is 24.3. The summed E-state index contributed by atoms with van der Waals surface area (Å²) in [6.45, 7) is 5.38. The molecule has 158 valence electrons. The van der Waals surface area contributed by atoms with E-state index in [1.165, 1.54) is 6.07 Å². The second-order valence-electron chi connectivity index (χ2n) is 7.50. The topological polar surface area (TPSA) is 51.1 Å². The first-order chi connectivity index (χ1) is 14.8. The number of amides is 1. The molecule has 2 aromatic carbocycles. The molecular formula is C26H25FN2O2. The Morgan fingerprint density at radius 3 is 2.52 bits per heavy atom. The molecule has 0 aliphatic heterocycles. The van der Waals surface area contributed by atoms with E-state index in [4.69, 9.17) is 0 Å². The molecule has 4 nitrogen and oxygen atoms in total. The average Bonchev–Trinajstić information content (AvgIpc) is 2.73. The first kappa shape index (κ1) is 22.0. The highest BCUT2D eigenvalue weighted by atomic mass is 19.1. The molecule has 0 spiro atoms. The smallest absolute Gasteiger partial charge is 0.300 e. The maximum absolute atomic E-state index is 14.5. The molecule has 1 heterocycles. The lowest BCUT2D eigenvalue weighted by Gasteiger charge is -2.15. The minimum Gasteiger partial charge on any atom is -0.318 e. The lowest BCUT2D eigenvalue weighted by molar-refractivity contribution is -0.111. The van der Waals surface area contributed by atoms with E-state index in [2.05, 4.69) is 17.2 Å². The van der Waals surface area contributed by atoms with Gasteiger partial charge in [0.25, 0.3) is 11.5 Å². The fourth-order valence-electron chi connectivity index (χ4n) is 3.53. The summed E-state index contributed by atoms with van der Waals surface area (Å²) in [6, 6.07) is 12.6. The van der Waals surface area contributed by atoms with Gasteiger partial charge in [-0.3, -0.25) is 9.59 Å². The monoisotopic (exact) mass is 416 g/mol. The van der Waals surface area contributed by atoms with Crippen molar-refractivity contribution < 1.29 is 9.18 Å². The Kier molecular flexibility index (Phi) is 6.71. The number of carbonyl (C=O) groups excluding carboxylic acids is 1. The predicted octanol–water partition coefficient (Wildman–Crippen LogP) is 4.61. The van der Waals surface area contributed by atoms with Crippen molar-refractivity contribution >= 4 is 11.6 Å². The van der Waals surface area contributed by atoms with Gasteiger partial charge in [-0.05, 0) is 78.3 Å². The molecule has 0 aliphatic rings. The largest absolute Gasteiger partial charge is 0.318 e. The van der Waals surface area contributed by atoms with Crippen molar-refractivity contribution in [3.05, 3.63) is 87.1 Å². The van der Waals surface area contributed by atoms with E-state index in [9.17, 15) is 14.0 Å². The van der Waals surface area contributed by atoms with Gasteiger partial charge in [-0.1, -0.05) is 31.0 Å². The van der Waals surface area contributed by atoms with Crippen LogP contribution in [0.5, 0.6) is 0 Å². The van der Waals surface area contributed by atoms with Crippen molar-refractivity contribution in [3.8, 4) is 23.0 Å². The Balaban J connectivity index is 2.14. The van der Waals surface area contributed by atoms with Crippen molar-refractivity contribution in [1.29, 1.82) is 0 Å². The van der Waals surface area contributed by atoms with E-state index in [-0.39, 0.29) is 11.4 Å². The summed E-state index contributed by atoms with van der Waals surface area (Å²) in [5.74, 6) is 4.38. The molecule has 0 aliphatic carbocycles. The van der Waals surface area contributed by atoms with Crippen molar-refractivity contribution in [2.45, 2.75) is 33.6 Å². The Morgan fingerprint density at radius 2 is 1.84 bits per heavy atom. The zero-order valence-electron chi connectivity index (χ0n) is 18.2. The molecule has 1 aromatic heterocycles. The molecule has 0 saturated heterocycles. The molecule has 5 heteroatoms. The molecule has 1 N–H and O–H groups in total. The van der Waals surface area contributed by atoms with Gasteiger partial charge >= 0.3 is 0 Å². The highest BCUT2D eigenvalue weighted by molar-refractivity contribution is 6.04. The molecule has 0 radical (unpaired) electrons. The number of nitrogens with zero attached hydrogens (tertiary/aromatic N) is 1. The highest BCUT2D eigenvalue weighted by Gasteiger charge is 2.13. The van der Waals surface area contributed by atoms with Gasteiger partial charge in [0.2, 0.25) is 0 Å². The Hall–Kier alpha value is -3.65. The number of anilines is 1. The van der Waals surface area contributed by atoms with Crippen LogP contribution in [0.1, 0.15) is 36.1 Å². The van der Waals surface area contributed by atoms with Crippen molar-refractivity contribution in [2.75, 3.05) is 5.32 Å². The van der Waals surface area contributed by atoms with E-state index in [0.29, 0.717) is 29.7 Å².